The lowest BCUT2D eigenvalue weighted by Gasteiger charge is -2.08. The van der Waals surface area contributed by atoms with Crippen LogP contribution in [-0.4, -0.2) is 22.0 Å². The Labute approximate surface area is 129 Å². The predicted octanol–water partition coefficient (Wildman–Crippen LogP) is 3.20. The van der Waals surface area contributed by atoms with E-state index in [1.165, 1.54) is 6.07 Å². The minimum absolute atomic E-state index is 0.0830. The van der Waals surface area contributed by atoms with E-state index in [4.69, 9.17) is 11.6 Å². The Morgan fingerprint density at radius 1 is 1.55 bits per heavy atom. The van der Waals surface area contributed by atoms with Gasteiger partial charge < -0.3 is 9.88 Å². The third-order valence-electron chi connectivity index (χ3n) is 2.86. The molecule has 20 heavy (non-hydrogen) atoms. The van der Waals surface area contributed by atoms with E-state index in [9.17, 15) is 9.18 Å². The summed E-state index contributed by atoms with van der Waals surface area (Å²) in [4.78, 5) is 16.1. The Bertz CT molecular complexity index is 644. The zero-order valence-electron chi connectivity index (χ0n) is 10.9. The summed E-state index contributed by atoms with van der Waals surface area (Å²) in [6.07, 6.45) is 0.861. The molecule has 1 amide bonds. The number of nitrogens with zero attached hydrogens (tertiary/aromatic N) is 2. The van der Waals surface area contributed by atoms with Crippen LogP contribution in [0.4, 0.5) is 4.39 Å². The number of halogens is 3. The summed E-state index contributed by atoms with van der Waals surface area (Å²) >= 11 is 8.97. The van der Waals surface area contributed by atoms with Gasteiger partial charge in [0.2, 0.25) is 5.91 Å². The van der Waals surface area contributed by atoms with Gasteiger partial charge in [0, 0.05) is 12.6 Å². The summed E-state index contributed by atoms with van der Waals surface area (Å²) in [6, 6.07) is 2.94. The fourth-order valence-corrected chi connectivity index (χ4v) is 2.45. The number of rotatable bonds is 5. The van der Waals surface area contributed by atoms with Crippen LogP contribution in [0.3, 0.4) is 0 Å². The topological polar surface area (TPSA) is 46.9 Å². The monoisotopic (exact) mass is 361 g/mol. The summed E-state index contributed by atoms with van der Waals surface area (Å²) < 4.78 is 15.6. The highest BCUT2D eigenvalue weighted by Gasteiger charge is 2.15. The lowest BCUT2D eigenvalue weighted by atomic mass is 10.3. The molecule has 0 bridgehead atoms. The normalized spacial score (nSPS) is 11.0. The predicted molar refractivity (Wildman–Crippen MR) is 80.2 cm³/mol. The zero-order valence-corrected chi connectivity index (χ0v) is 13.3. The lowest BCUT2D eigenvalue weighted by Crippen LogP contribution is -2.28. The van der Waals surface area contributed by atoms with Gasteiger partial charge in [-0.05, 0) is 28.4 Å². The maximum Gasteiger partial charge on any atom is 0.240 e. The highest BCUT2D eigenvalue weighted by molar-refractivity contribution is 9.10. The minimum atomic E-state index is -0.395. The number of hydrogen-bond acceptors (Lipinski definition) is 2. The second-order valence-corrected chi connectivity index (χ2v) is 5.47. The van der Waals surface area contributed by atoms with Gasteiger partial charge in [0.15, 0.2) is 0 Å². The number of imidazole rings is 1. The minimum Gasteiger partial charge on any atom is -0.355 e. The standard InChI is InChI=1S/C13H14BrClFN3O/c1-2-3-17-13(20)7-19-11-5-9(16)8(14)4-10(11)18-12(19)6-15/h4-5H,2-3,6-7H2,1H3,(H,17,20). The molecule has 0 aliphatic carbocycles. The number of carbonyl (C=O) groups is 1. The number of amides is 1. The molecule has 0 saturated carbocycles. The van der Waals surface area contributed by atoms with Crippen molar-refractivity contribution in [2.24, 2.45) is 0 Å². The van der Waals surface area contributed by atoms with Crippen molar-refractivity contribution in [2.45, 2.75) is 25.8 Å². The fourth-order valence-electron chi connectivity index (χ4n) is 1.91. The van der Waals surface area contributed by atoms with Gasteiger partial charge in [-0.15, -0.1) is 11.6 Å². The summed E-state index contributed by atoms with van der Waals surface area (Å²) in [5.41, 5.74) is 1.17. The van der Waals surface area contributed by atoms with Crippen LogP contribution in [0.1, 0.15) is 19.2 Å². The zero-order chi connectivity index (χ0) is 14.7. The van der Waals surface area contributed by atoms with Gasteiger partial charge in [-0.1, -0.05) is 6.92 Å². The Hall–Kier alpha value is -1.14. The molecular weight excluding hydrogens is 349 g/mol. The van der Waals surface area contributed by atoms with Gasteiger partial charge in [-0.3, -0.25) is 4.79 Å². The molecule has 108 valence electrons. The third-order valence-corrected chi connectivity index (χ3v) is 3.71. The van der Waals surface area contributed by atoms with Crippen molar-refractivity contribution < 1.29 is 9.18 Å². The van der Waals surface area contributed by atoms with Crippen molar-refractivity contribution in [3.8, 4) is 0 Å². The van der Waals surface area contributed by atoms with Crippen LogP contribution in [0.25, 0.3) is 11.0 Å². The van der Waals surface area contributed by atoms with E-state index >= 15 is 0 Å². The van der Waals surface area contributed by atoms with Gasteiger partial charge in [0.25, 0.3) is 0 Å². The van der Waals surface area contributed by atoms with E-state index in [2.05, 4.69) is 26.2 Å². The second-order valence-electron chi connectivity index (χ2n) is 4.35. The van der Waals surface area contributed by atoms with E-state index in [1.807, 2.05) is 6.92 Å². The molecule has 4 nitrogen and oxygen atoms in total. The molecule has 7 heteroatoms. The van der Waals surface area contributed by atoms with Crippen LogP contribution < -0.4 is 5.32 Å². The van der Waals surface area contributed by atoms with Crippen LogP contribution in [0.2, 0.25) is 0 Å². The summed E-state index contributed by atoms with van der Waals surface area (Å²) in [6.45, 7) is 2.67. The van der Waals surface area contributed by atoms with Crippen molar-refractivity contribution in [3.05, 3.63) is 28.2 Å². The van der Waals surface area contributed by atoms with Crippen LogP contribution in [0, 0.1) is 5.82 Å². The summed E-state index contributed by atoms with van der Waals surface area (Å²) in [5, 5.41) is 2.78. The van der Waals surface area contributed by atoms with Crippen LogP contribution in [0.15, 0.2) is 16.6 Å². The van der Waals surface area contributed by atoms with Gasteiger partial charge in [-0.2, -0.15) is 0 Å². The number of carbonyl (C=O) groups excluding carboxylic acids is 1. The van der Waals surface area contributed by atoms with E-state index in [-0.39, 0.29) is 18.3 Å². The van der Waals surface area contributed by atoms with E-state index in [0.29, 0.717) is 27.9 Å². The van der Waals surface area contributed by atoms with Gasteiger partial charge in [0.1, 0.15) is 18.2 Å². The molecule has 2 aromatic rings. The van der Waals surface area contributed by atoms with Crippen LogP contribution in [-0.2, 0) is 17.2 Å². The van der Waals surface area contributed by atoms with Crippen molar-refractivity contribution in [2.75, 3.05) is 6.54 Å². The lowest BCUT2D eigenvalue weighted by molar-refractivity contribution is -0.121. The largest absolute Gasteiger partial charge is 0.355 e. The van der Waals surface area contributed by atoms with E-state index in [1.54, 1.807) is 10.6 Å². The average molecular weight is 363 g/mol. The molecular formula is C13H14BrClFN3O. The van der Waals surface area contributed by atoms with Gasteiger partial charge in [-0.25, -0.2) is 9.37 Å². The van der Waals surface area contributed by atoms with E-state index in [0.717, 1.165) is 6.42 Å². The van der Waals surface area contributed by atoms with Crippen molar-refractivity contribution in [3.63, 3.8) is 0 Å². The number of aromatic nitrogens is 2. The SMILES string of the molecule is CCCNC(=O)Cn1c(CCl)nc2cc(Br)c(F)cc21. The Morgan fingerprint density at radius 3 is 2.95 bits per heavy atom. The molecule has 0 saturated heterocycles. The number of hydrogen-bond donors (Lipinski definition) is 1. The highest BCUT2D eigenvalue weighted by Crippen LogP contribution is 2.24. The molecule has 1 aromatic heterocycles. The molecule has 2 rings (SSSR count). The molecule has 0 atom stereocenters. The molecule has 0 aliphatic rings. The second kappa shape index (κ2) is 6.54. The van der Waals surface area contributed by atoms with Crippen molar-refractivity contribution >= 4 is 44.5 Å². The number of fused-ring (bicyclic) bond motifs is 1. The smallest absolute Gasteiger partial charge is 0.240 e. The molecule has 0 unspecified atom stereocenters. The Balaban J connectivity index is 2.39. The van der Waals surface area contributed by atoms with Crippen molar-refractivity contribution in [1.82, 2.24) is 14.9 Å². The third kappa shape index (κ3) is 3.12. The fraction of sp³-hybridized carbons (Fsp3) is 0.385. The Kier molecular flexibility index (Phi) is 4.99. The van der Waals surface area contributed by atoms with E-state index < -0.39 is 5.82 Å². The maximum atomic E-state index is 13.7. The number of alkyl halides is 1. The molecule has 0 spiro atoms. The molecule has 0 radical (unpaired) electrons. The maximum absolute atomic E-state index is 13.7. The quantitative estimate of drug-likeness (QED) is 0.830. The summed E-state index contributed by atoms with van der Waals surface area (Å²) in [7, 11) is 0. The van der Waals surface area contributed by atoms with Crippen molar-refractivity contribution in [1.29, 1.82) is 0 Å². The molecule has 0 fully saturated rings. The Morgan fingerprint density at radius 2 is 2.30 bits per heavy atom. The van der Waals surface area contributed by atoms with Crippen LogP contribution >= 0.6 is 27.5 Å². The first-order chi connectivity index (χ1) is 9.56. The number of nitrogens with one attached hydrogen (secondary N) is 1. The van der Waals surface area contributed by atoms with Crippen LogP contribution in [0.5, 0.6) is 0 Å². The molecule has 1 heterocycles. The molecule has 1 N–H and O–H groups in total. The van der Waals surface area contributed by atoms with Gasteiger partial charge >= 0.3 is 0 Å². The summed E-state index contributed by atoms with van der Waals surface area (Å²) in [5.74, 6) is 0.176. The first-order valence-electron chi connectivity index (χ1n) is 6.23. The number of benzene rings is 1. The first-order valence-corrected chi connectivity index (χ1v) is 7.56. The molecule has 1 aromatic carbocycles. The highest BCUT2D eigenvalue weighted by atomic mass is 79.9. The average Bonchev–Trinajstić information content (AvgIpc) is 2.74. The van der Waals surface area contributed by atoms with Gasteiger partial charge in [0.05, 0.1) is 21.4 Å². The molecule has 0 aliphatic heterocycles. The first kappa shape index (κ1) is 15.3.